The minimum atomic E-state index is -0.703. The van der Waals surface area contributed by atoms with Gasteiger partial charge in [-0.2, -0.15) is 5.26 Å². The van der Waals surface area contributed by atoms with E-state index in [0.717, 1.165) is 6.07 Å². The Morgan fingerprint density at radius 1 is 1.34 bits per heavy atom. The van der Waals surface area contributed by atoms with Crippen LogP contribution in [0, 0.1) is 24.1 Å². The molecule has 3 rings (SSSR count). The largest absolute Gasteiger partial charge is 0.484 e. The van der Waals surface area contributed by atoms with Crippen LogP contribution in [0.2, 0.25) is 5.02 Å². The van der Waals surface area contributed by atoms with Gasteiger partial charge >= 0.3 is 0 Å². The number of hydrogen-bond donors (Lipinski definition) is 1. The summed E-state index contributed by atoms with van der Waals surface area (Å²) in [5.41, 5.74) is 0.325. The third-order valence-corrected chi connectivity index (χ3v) is 5.46. The number of benzene rings is 1. The fourth-order valence-corrected chi connectivity index (χ4v) is 3.07. The van der Waals surface area contributed by atoms with E-state index in [1.165, 1.54) is 18.3 Å². The van der Waals surface area contributed by atoms with Crippen LogP contribution in [0.25, 0.3) is 0 Å². The van der Waals surface area contributed by atoms with Crippen molar-refractivity contribution in [1.82, 2.24) is 20.5 Å². The summed E-state index contributed by atoms with van der Waals surface area (Å²) >= 11 is 5.63. The molecular formula is C24H23ClFN5O4. The minimum Gasteiger partial charge on any atom is -0.484 e. The van der Waals surface area contributed by atoms with Crippen molar-refractivity contribution >= 4 is 17.5 Å². The molecule has 2 heterocycles. The average Bonchev–Trinajstić information content (AvgIpc) is 3.33. The molecule has 0 bridgehead atoms. The number of nitrogens with one attached hydrogen (secondary N) is 1. The van der Waals surface area contributed by atoms with Gasteiger partial charge in [0.15, 0.2) is 13.2 Å². The predicted octanol–water partition coefficient (Wildman–Crippen LogP) is 4.05. The summed E-state index contributed by atoms with van der Waals surface area (Å²) in [7, 11) is 0. The van der Waals surface area contributed by atoms with Crippen LogP contribution in [-0.2, 0) is 16.8 Å². The molecule has 182 valence electrons. The molecule has 0 spiro atoms. The smallest absolute Gasteiger partial charge is 0.257 e. The number of ether oxygens (including phenoxy) is 2. The first kappa shape index (κ1) is 25.6. The molecule has 11 heteroatoms. The van der Waals surface area contributed by atoms with Gasteiger partial charge in [0.1, 0.15) is 29.1 Å². The number of rotatable bonds is 11. The monoisotopic (exact) mass is 499 g/mol. The van der Waals surface area contributed by atoms with Gasteiger partial charge in [-0.1, -0.05) is 17.7 Å². The summed E-state index contributed by atoms with van der Waals surface area (Å²) in [6, 6.07) is 7.64. The second-order valence-corrected chi connectivity index (χ2v) is 8.23. The lowest BCUT2D eigenvalue weighted by Gasteiger charge is -2.21. The summed E-state index contributed by atoms with van der Waals surface area (Å²) in [4.78, 5) is 16.1. The SMILES string of the molecule is C=CC(C)(CCNC(=O)COc1ccc(Cl)c(F)c1)c1nnc(COc2cnc(C#N)c(C)c2)o1. The summed E-state index contributed by atoms with van der Waals surface area (Å²) in [5, 5.41) is 19.8. The molecule has 0 saturated carbocycles. The molecule has 1 unspecified atom stereocenters. The zero-order valence-electron chi connectivity index (χ0n) is 19.2. The lowest BCUT2D eigenvalue weighted by Crippen LogP contribution is -2.33. The van der Waals surface area contributed by atoms with E-state index in [4.69, 9.17) is 30.8 Å². The maximum atomic E-state index is 13.5. The number of nitriles is 1. The fourth-order valence-electron chi connectivity index (χ4n) is 2.96. The molecule has 0 aliphatic carbocycles. The lowest BCUT2D eigenvalue weighted by molar-refractivity contribution is -0.123. The molecular weight excluding hydrogens is 477 g/mol. The maximum absolute atomic E-state index is 13.5. The second-order valence-electron chi connectivity index (χ2n) is 7.82. The van der Waals surface area contributed by atoms with Crippen LogP contribution in [0.5, 0.6) is 11.5 Å². The molecule has 2 aromatic heterocycles. The summed E-state index contributed by atoms with van der Waals surface area (Å²) in [5.74, 6) is 0.242. The van der Waals surface area contributed by atoms with Gasteiger partial charge in [0.2, 0.25) is 5.89 Å². The number of carbonyl (C=O) groups is 1. The van der Waals surface area contributed by atoms with Gasteiger partial charge in [0, 0.05) is 12.6 Å². The number of hydrogen-bond acceptors (Lipinski definition) is 8. The predicted molar refractivity (Wildman–Crippen MR) is 124 cm³/mol. The molecule has 35 heavy (non-hydrogen) atoms. The second kappa shape index (κ2) is 11.4. The third kappa shape index (κ3) is 6.77. The molecule has 0 aliphatic heterocycles. The van der Waals surface area contributed by atoms with Gasteiger partial charge < -0.3 is 19.2 Å². The van der Waals surface area contributed by atoms with E-state index in [0.29, 0.717) is 29.3 Å². The zero-order valence-corrected chi connectivity index (χ0v) is 19.9. The highest BCUT2D eigenvalue weighted by Gasteiger charge is 2.29. The molecule has 1 N–H and O–H groups in total. The van der Waals surface area contributed by atoms with Crippen LogP contribution in [0.3, 0.4) is 0 Å². The van der Waals surface area contributed by atoms with E-state index in [-0.39, 0.29) is 42.3 Å². The molecule has 0 aliphatic rings. The Bertz CT molecular complexity index is 1260. The van der Waals surface area contributed by atoms with E-state index in [1.54, 1.807) is 19.1 Å². The number of carbonyl (C=O) groups excluding carboxylic acids is 1. The van der Waals surface area contributed by atoms with Crippen molar-refractivity contribution < 1.29 is 23.1 Å². The van der Waals surface area contributed by atoms with Crippen molar-refractivity contribution in [3.05, 3.63) is 77.0 Å². The molecule has 9 nitrogen and oxygen atoms in total. The average molecular weight is 500 g/mol. The Balaban J connectivity index is 1.49. The molecule has 0 radical (unpaired) electrons. The fraction of sp³-hybridized carbons (Fsp3) is 0.292. The topological polar surface area (TPSA) is 123 Å². The van der Waals surface area contributed by atoms with Crippen LogP contribution in [0.1, 0.15) is 36.4 Å². The first-order chi connectivity index (χ1) is 16.7. The van der Waals surface area contributed by atoms with Crippen LogP contribution < -0.4 is 14.8 Å². The summed E-state index contributed by atoms with van der Waals surface area (Å²) in [6.07, 6.45) is 3.55. The quantitative estimate of drug-likeness (QED) is 0.392. The number of nitrogens with zero attached hydrogens (tertiary/aromatic N) is 4. The van der Waals surface area contributed by atoms with Gasteiger partial charge in [0.05, 0.1) is 16.6 Å². The van der Waals surface area contributed by atoms with Gasteiger partial charge in [-0.05, 0) is 44.0 Å². The highest BCUT2D eigenvalue weighted by molar-refractivity contribution is 6.30. The van der Waals surface area contributed by atoms with Gasteiger partial charge in [-0.15, -0.1) is 16.8 Å². The molecule has 3 aromatic rings. The normalized spacial score (nSPS) is 12.3. The van der Waals surface area contributed by atoms with Crippen molar-refractivity contribution in [1.29, 1.82) is 5.26 Å². The van der Waals surface area contributed by atoms with Gasteiger partial charge in [-0.3, -0.25) is 4.79 Å². The molecule has 1 atom stereocenters. The highest BCUT2D eigenvalue weighted by Crippen LogP contribution is 2.28. The summed E-state index contributed by atoms with van der Waals surface area (Å²) < 4.78 is 30.1. The molecule has 1 amide bonds. The number of aryl methyl sites for hydroxylation is 1. The van der Waals surface area contributed by atoms with Crippen LogP contribution in [0.4, 0.5) is 4.39 Å². The third-order valence-electron chi connectivity index (χ3n) is 5.15. The van der Waals surface area contributed by atoms with Crippen molar-refractivity contribution in [2.75, 3.05) is 13.2 Å². The first-order valence-corrected chi connectivity index (χ1v) is 10.9. The molecule has 0 saturated heterocycles. The maximum Gasteiger partial charge on any atom is 0.257 e. The Kier molecular flexibility index (Phi) is 8.39. The van der Waals surface area contributed by atoms with Crippen molar-refractivity contribution in [3.8, 4) is 17.6 Å². The van der Waals surface area contributed by atoms with E-state index >= 15 is 0 Å². The van der Waals surface area contributed by atoms with Crippen LogP contribution in [-0.4, -0.2) is 34.2 Å². The van der Waals surface area contributed by atoms with E-state index in [2.05, 4.69) is 27.1 Å². The number of halogens is 2. The highest BCUT2D eigenvalue weighted by atomic mass is 35.5. The first-order valence-electron chi connectivity index (χ1n) is 10.5. The zero-order chi connectivity index (χ0) is 25.4. The van der Waals surface area contributed by atoms with Crippen molar-refractivity contribution in [3.63, 3.8) is 0 Å². The van der Waals surface area contributed by atoms with Gasteiger partial charge in [-0.25, -0.2) is 9.37 Å². The number of pyridine rings is 1. The molecule has 0 fully saturated rings. The Hall–Kier alpha value is -3.97. The molecule has 1 aromatic carbocycles. The van der Waals surface area contributed by atoms with Crippen LogP contribution >= 0.6 is 11.6 Å². The standard InChI is InChI=1S/C24H23ClFN5O4/c1-4-24(3,7-8-28-21(32)13-33-16-5-6-18(25)19(26)10-16)23-31-30-22(35-23)14-34-17-9-15(2)20(11-27)29-12-17/h4-6,9-10,12H,1,7-8,13-14H2,2-3H3,(H,28,32). The number of amides is 1. The Morgan fingerprint density at radius 2 is 2.14 bits per heavy atom. The van der Waals surface area contributed by atoms with Crippen molar-refractivity contribution in [2.24, 2.45) is 0 Å². The number of aromatic nitrogens is 3. The summed E-state index contributed by atoms with van der Waals surface area (Å²) in [6.45, 7) is 7.49. The van der Waals surface area contributed by atoms with E-state index in [9.17, 15) is 9.18 Å². The van der Waals surface area contributed by atoms with Crippen LogP contribution in [0.15, 0.2) is 47.5 Å². The Labute approximate surface area is 206 Å². The van der Waals surface area contributed by atoms with Crippen molar-refractivity contribution in [2.45, 2.75) is 32.3 Å². The van der Waals surface area contributed by atoms with Gasteiger partial charge in [0.25, 0.3) is 11.8 Å². The van der Waals surface area contributed by atoms with E-state index in [1.807, 2.05) is 13.0 Å². The lowest BCUT2D eigenvalue weighted by atomic mass is 9.87. The minimum absolute atomic E-state index is 0.0204. The van der Waals surface area contributed by atoms with E-state index < -0.39 is 11.2 Å². The number of allylic oxidation sites excluding steroid dienone is 1. The Morgan fingerprint density at radius 3 is 2.83 bits per heavy atom.